The van der Waals surface area contributed by atoms with Crippen molar-refractivity contribution in [1.29, 1.82) is 0 Å². The Bertz CT molecular complexity index is 772. The summed E-state index contributed by atoms with van der Waals surface area (Å²) in [5, 5.41) is 47.6. The fourth-order valence-electron chi connectivity index (χ4n) is 1.54. The molecular weight excluding hydrogens is 296 g/mol. The van der Waals surface area contributed by atoms with Gasteiger partial charge < -0.3 is 10.2 Å². The number of rotatable bonds is 4. The van der Waals surface area contributed by atoms with E-state index in [4.69, 9.17) is 5.11 Å². The van der Waals surface area contributed by atoms with Crippen LogP contribution in [0.5, 0.6) is 11.5 Å². The minimum atomic E-state index is -0.956. The van der Waals surface area contributed by atoms with Crippen LogP contribution in [-0.4, -0.2) is 20.1 Å². The number of nitrogens with zero attached hydrogens (tertiary/aromatic N) is 4. The van der Waals surface area contributed by atoms with Gasteiger partial charge in [0.15, 0.2) is 0 Å². The van der Waals surface area contributed by atoms with Crippen LogP contribution in [0, 0.1) is 20.2 Å². The van der Waals surface area contributed by atoms with Crippen LogP contribution in [0.4, 0.5) is 22.7 Å². The van der Waals surface area contributed by atoms with Crippen LogP contribution < -0.4 is 0 Å². The number of phenols is 2. The van der Waals surface area contributed by atoms with Gasteiger partial charge in [0.05, 0.1) is 21.6 Å². The van der Waals surface area contributed by atoms with Crippen molar-refractivity contribution in [1.82, 2.24) is 0 Å². The Hall–Kier alpha value is -3.56. The molecule has 0 heterocycles. The van der Waals surface area contributed by atoms with E-state index in [1.165, 1.54) is 24.3 Å². The highest BCUT2D eigenvalue weighted by Crippen LogP contribution is 2.40. The minimum absolute atomic E-state index is 0.00721. The molecule has 0 spiro atoms. The van der Waals surface area contributed by atoms with Crippen LogP contribution >= 0.6 is 0 Å². The van der Waals surface area contributed by atoms with E-state index in [2.05, 4.69) is 10.2 Å². The first-order valence-electron chi connectivity index (χ1n) is 5.75. The van der Waals surface area contributed by atoms with Crippen molar-refractivity contribution in [2.75, 3.05) is 0 Å². The maximum atomic E-state index is 10.8. The van der Waals surface area contributed by atoms with Crippen molar-refractivity contribution in [3.8, 4) is 11.5 Å². The van der Waals surface area contributed by atoms with Gasteiger partial charge in [0, 0.05) is 6.07 Å². The topological polar surface area (TPSA) is 151 Å². The third-order valence-corrected chi connectivity index (χ3v) is 2.58. The molecular formula is C12H8N4O6. The van der Waals surface area contributed by atoms with Crippen LogP contribution in [0.15, 0.2) is 46.6 Å². The number of hydrogen-bond donors (Lipinski definition) is 2. The van der Waals surface area contributed by atoms with Crippen LogP contribution in [0.25, 0.3) is 0 Å². The van der Waals surface area contributed by atoms with Crippen molar-refractivity contribution in [2.45, 2.75) is 0 Å². The number of nitro groups is 2. The number of benzene rings is 2. The van der Waals surface area contributed by atoms with Crippen molar-refractivity contribution in [2.24, 2.45) is 10.2 Å². The number of phenolic OH excluding ortho intramolecular Hbond substituents is 2. The Morgan fingerprint density at radius 1 is 0.909 bits per heavy atom. The van der Waals surface area contributed by atoms with Gasteiger partial charge in [0.2, 0.25) is 5.75 Å². The first kappa shape index (κ1) is 14.8. The van der Waals surface area contributed by atoms with E-state index < -0.39 is 32.7 Å². The Morgan fingerprint density at radius 3 is 2.09 bits per heavy atom. The summed E-state index contributed by atoms with van der Waals surface area (Å²) in [5.74, 6) is -0.814. The molecule has 2 N–H and O–H groups in total. The van der Waals surface area contributed by atoms with Gasteiger partial charge in [0.1, 0.15) is 11.4 Å². The van der Waals surface area contributed by atoms with Gasteiger partial charge in [-0.1, -0.05) is 0 Å². The van der Waals surface area contributed by atoms with Crippen LogP contribution in [-0.2, 0) is 0 Å². The third-order valence-electron chi connectivity index (χ3n) is 2.58. The normalized spacial score (nSPS) is 10.7. The van der Waals surface area contributed by atoms with Gasteiger partial charge >= 0.3 is 5.69 Å². The molecule has 112 valence electrons. The summed E-state index contributed by atoms with van der Waals surface area (Å²) >= 11 is 0. The maximum Gasteiger partial charge on any atom is 0.319 e. The summed E-state index contributed by atoms with van der Waals surface area (Å²) in [6, 6.07) is 6.98. The molecule has 0 fully saturated rings. The molecule has 22 heavy (non-hydrogen) atoms. The molecule has 2 aromatic carbocycles. The highest BCUT2D eigenvalue weighted by Gasteiger charge is 2.23. The summed E-state index contributed by atoms with van der Waals surface area (Å²) in [7, 11) is 0. The highest BCUT2D eigenvalue weighted by molar-refractivity contribution is 5.67. The number of nitro benzene ring substituents is 2. The SMILES string of the molecule is O=[N+]([O-])c1cc(N=Nc2ccc(O)cc2)c(O)c([N+](=O)[O-])c1. The second kappa shape index (κ2) is 5.83. The summed E-state index contributed by atoms with van der Waals surface area (Å²) in [6.07, 6.45) is 0. The fraction of sp³-hybridized carbons (Fsp3) is 0. The molecule has 0 aliphatic heterocycles. The van der Waals surface area contributed by atoms with E-state index in [1.807, 2.05) is 0 Å². The standard InChI is InChI=1S/C12H8N4O6/c17-9-3-1-7(2-4-9)13-14-10-5-8(15(19)20)6-11(12(10)18)16(21)22/h1-6,17-18H. The molecule has 0 saturated carbocycles. The Morgan fingerprint density at radius 2 is 1.55 bits per heavy atom. The Labute approximate surface area is 122 Å². The van der Waals surface area contributed by atoms with Crippen LogP contribution in [0.1, 0.15) is 0 Å². The summed E-state index contributed by atoms with van der Waals surface area (Å²) in [4.78, 5) is 19.7. The van der Waals surface area contributed by atoms with Crippen molar-refractivity contribution < 1.29 is 20.1 Å². The van der Waals surface area contributed by atoms with Gasteiger partial charge in [-0.2, -0.15) is 5.11 Å². The lowest BCUT2D eigenvalue weighted by Gasteiger charge is -2.00. The quantitative estimate of drug-likeness (QED) is 0.502. The fourth-order valence-corrected chi connectivity index (χ4v) is 1.54. The minimum Gasteiger partial charge on any atom is -0.508 e. The molecule has 10 nitrogen and oxygen atoms in total. The molecule has 0 radical (unpaired) electrons. The van der Waals surface area contributed by atoms with Crippen LogP contribution in [0.3, 0.4) is 0 Å². The average Bonchev–Trinajstić information content (AvgIpc) is 2.47. The van der Waals surface area contributed by atoms with E-state index in [0.29, 0.717) is 6.07 Å². The molecule has 0 aliphatic carbocycles. The number of aromatic hydroxyl groups is 2. The smallest absolute Gasteiger partial charge is 0.319 e. The summed E-state index contributed by atoms with van der Waals surface area (Å²) < 4.78 is 0. The van der Waals surface area contributed by atoms with E-state index in [1.54, 1.807) is 0 Å². The molecule has 0 aliphatic rings. The largest absolute Gasteiger partial charge is 0.508 e. The second-order valence-electron chi connectivity index (χ2n) is 4.06. The van der Waals surface area contributed by atoms with Crippen molar-refractivity contribution in [3.63, 3.8) is 0 Å². The molecule has 0 atom stereocenters. The lowest BCUT2D eigenvalue weighted by molar-refractivity contribution is -0.394. The zero-order valence-electron chi connectivity index (χ0n) is 10.8. The number of non-ortho nitro benzene ring substituents is 1. The maximum absolute atomic E-state index is 10.8. The van der Waals surface area contributed by atoms with E-state index in [0.717, 1.165) is 6.07 Å². The van der Waals surface area contributed by atoms with Crippen molar-refractivity contribution in [3.05, 3.63) is 56.6 Å². The molecule has 2 rings (SSSR count). The number of hydrogen-bond acceptors (Lipinski definition) is 8. The molecule has 0 amide bonds. The molecule has 0 bridgehead atoms. The van der Waals surface area contributed by atoms with Gasteiger partial charge in [-0.05, 0) is 24.3 Å². The third kappa shape index (κ3) is 3.12. The first-order valence-corrected chi connectivity index (χ1v) is 5.75. The highest BCUT2D eigenvalue weighted by atomic mass is 16.6. The van der Waals surface area contributed by atoms with Gasteiger partial charge in [-0.15, -0.1) is 5.11 Å². The molecule has 0 unspecified atom stereocenters. The van der Waals surface area contributed by atoms with E-state index in [9.17, 15) is 25.3 Å². The predicted molar refractivity (Wildman–Crippen MR) is 73.7 cm³/mol. The zero-order chi connectivity index (χ0) is 16.3. The monoisotopic (exact) mass is 304 g/mol. The van der Waals surface area contributed by atoms with E-state index >= 15 is 0 Å². The van der Waals surface area contributed by atoms with E-state index in [-0.39, 0.29) is 11.4 Å². The van der Waals surface area contributed by atoms with Crippen LogP contribution in [0.2, 0.25) is 0 Å². The Kier molecular flexibility index (Phi) is 3.93. The number of azo groups is 1. The van der Waals surface area contributed by atoms with Crippen molar-refractivity contribution >= 4 is 22.7 Å². The zero-order valence-corrected chi connectivity index (χ0v) is 10.8. The summed E-state index contributed by atoms with van der Waals surface area (Å²) in [6.45, 7) is 0. The predicted octanol–water partition coefficient (Wildman–Crippen LogP) is 3.33. The molecule has 0 aromatic heterocycles. The lowest BCUT2D eigenvalue weighted by atomic mass is 10.2. The summed E-state index contributed by atoms with van der Waals surface area (Å²) in [5.41, 5.74) is -1.56. The molecule has 0 saturated heterocycles. The molecule has 2 aromatic rings. The van der Waals surface area contributed by atoms with Gasteiger partial charge in [0.25, 0.3) is 5.69 Å². The second-order valence-corrected chi connectivity index (χ2v) is 4.06. The van der Waals surface area contributed by atoms with Gasteiger partial charge in [-0.3, -0.25) is 20.2 Å². The first-order chi connectivity index (χ1) is 10.4. The van der Waals surface area contributed by atoms with Gasteiger partial charge in [-0.25, -0.2) is 0 Å². The lowest BCUT2D eigenvalue weighted by Crippen LogP contribution is -1.93. The average molecular weight is 304 g/mol. The molecule has 10 heteroatoms. The Balaban J connectivity index is 2.47.